The first-order valence-electron chi connectivity index (χ1n) is 11.6. The van der Waals surface area contributed by atoms with Gasteiger partial charge in [0, 0.05) is 25.3 Å². The molecule has 0 radical (unpaired) electrons. The molecule has 0 saturated heterocycles. The third-order valence-electron chi connectivity index (χ3n) is 6.42. The maximum absolute atomic E-state index is 13.1. The molecule has 178 valence electrons. The predicted molar refractivity (Wildman–Crippen MR) is 139 cm³/mol. The van der Waals surface area contributed by atoms with Crippen LogP contribution in [0.5, 0.6) is 0 Å². The Morgan fingerprint density at radius 2 is 1.69 bits per heavy atom. The van der Waals surface area contributed by atoms with Crippen LogP contribution in [0, 0.1) is 6.92 Å². The Labute approximate surface area is 205 Å². The van der Waals surface area contributed by atoms with E-state index in [1.165, 1.54) is 4.31 Å². The van der Waals surface area contributed by atoms with Gasteiger partial charge in [0.15, 0.2) is 0 Å². The van der Waals surface area contributed by atoms with Crippen molar-refractivity contribution in [3.05, 3.63) is 107 Å². The van der Waals surface area contributed by atoms with Crippen LogP contribution in [0.1, 0.15) is 22.3 Å². The minimum Gasteiger partial charge on any atom is -0.334 e. The van der Waals surface area contributed by atoms with Crippen LogP contribution in [-0.2, 0) is 29.5 Å². The van der Waals surface area contributed by atoms with E-state index in [1.54, 1.807) is 12.1 Å². The van der Waals surface area contributed by atoms with E-state index in [4.69, 9.17) is 0 Å². The van der Waals surface area contributed by atoms with Gasteiger partial charge in [0.2, 0.25) is 10.0 Å². The van der Waals surface area contributed by atoms with Crippen molar-refractivity contribution >= 4 is 32.5 Å². The lowest BCUT2D eigenvalue weighted by molar-refractivity contribution is 0.252. The van der Waals surface area contributed by atoms with Crippen LogP contribution >= 0.6 is 0 Å². The van der Waals surface area contributed by atoms with E-state index in [0.29, 0.717) is 30.1 Å². The number of hydrogen-bond acceptors (Lipinski definition) is 3. The number of rotatable bonds is 5. The molecule has 0 fully saturated rings. The quantitative estimate of drug-likeness (QED) is 0.407. The second-order valence-corrected chi connectivity index (χ2v) is 10.8. The van der Waals surface area contributed by atoms with Crippen molar-refractivity contribution in [3.8, 4) is 0 Å². The lowest BCUT2D eigenvalue weighted by atomic mass is 10.0. The van der Waals surface area contributed by atoms with Gasteiger partial charge in [-0.05, 0) is 65.1 Å². The van der Waals surface area contributed by atoms with Gasteiger partial charge in [0.05, 0.1) is 4.90 Å². The average Bonchev–Trinajstić information content (AvgIpc) is 2.87. The fourth-order valence-electron chi connectivity index (χ4n) is 4.47. The van der Waals surface area contributed by atoms with E-state index in [2.05, 4.69) is 10.6 Å². The number of urea groups is 1. The summed E-state index contributed by atoms with van der Waals surface area (Å²) in [6.07, 6.45) is 0.633. The largest absolute Gasteiger partial charge is 0.334 e. The smallest absolute Gasteiger partial charge is 0.319 e. The van der Waals surface area contributed by atoms with Gasteiger partial charge in [-0.3, -0.25) is 0 Å². The first-order chi connectivity index (χ1) is 16.9. The third-order valence-corrected chi connectivity index (χ3v) is 8.28. The molecule has 0 atom stereocenters. The van der Waals surface area contributed by atoms with Crippen molar-refractivity contribution in [2.75, 3.05) is 11.9 Å². The van der Waals surface area contributed by atoms with Gasteiger partial charge in [0.1, 0.15) is 0 Å². The molecule has 35 heavy (non-hydrogen) atoms. The molecule has 0 spiro atoms. The summed E-state index contributed by atoms with van der Waals surface area (Å²) in [5, 5.41) is 8.05. The summed E-state index contributed by atoms with van der Waals surface area (Å²) in [6, 6.07) is 26.4. The Bertz CT molecular complexity index is 1490. The summed E-state index contributed by atoms with van der Waals surface area (Å²) in [5.41, 5.74) is 4.69. The maximum atomic E-state index is 13.1. The highest BCUT2D eigenvalue weighted by Crippen LogP contribution is 2.27. The normalized spacial score (nSPS) is 13.9. The van der Waals surface area contributed by atoms with Crippen LogP contribution in [0.15, 0.2) is 89.8 Å². The van der Waals surface area contributed by atoms with Gasteiger partial charge < -0.3 is 10.6 Å². The maximum Gasteiger partial charge on any atom is 0.319 e. The van der Waals surface area contributed by atoms with Crippen LogP contribution in [0.2, 0.25) is 0 Å². The highest BCUT2D eigenvalue weighted by molar-refractivity contribution is 7.89. The molecule has 0 saturated carbocycles. The van der Waals surface area contributed by atoms with E-state index in [-0.39, 0.29) is 12.6 Å². The summed E-state index contributed by atoms with van der Waals surface area (Å²) in [7, 11) is -3.58. The van der Waals surface area contributed by atoms with E-state index >= 15 is 0 Å². The monoisotopic (exact) mass is 485 g/mol. The molecule has 4 aromatic carbocycles. The molecule has 1 aliphatic heterocycles. The number of nitrogens with zero attached hydrogens (tertiary/aromatic N) is 1. The number of benzene rings is 4. The molecular formula is C28H27N3O3S. The second kappa shape index (κ2) is 9.52. The third kappa shape index (κ3) is 4.92. The minimum atomic E-state index is -3.58. The van der Waals surface area contributed by atoms with Crippen molar-refractivity contribution < 1.29 is 13.2 Å². The van der Waals surface area contributed by atoms with E-state index in [0.717, 1.165) is 33.0 Å². The summed E-state index contributed by atoms with van der Waals surface area (Å²) in [5.74, 6) is 0. The fraction of sp³-hybridized carbons (Fsp3) is 0.179. The molecule has 2 amide bonds. The van der Waals surface area contributed by atoms with Crippen LogP contribution in [0.3, 0.4) is 0 Å². The Hall–Kier alpha value is -3.68. The number of fused-ring (bicyclic) bond motifs is 2. The molecule has 1 heterocycles. The number of carbonyl (C=O) groups is 1. The fourth-order valence-corrected chi connectivity index (χ4v) is 5.89. The number of amides is 2. The number of aryl methyl sites for hydroxylation is 1. The zero-order chi connectivity index (χ0) is 24.4. The Morgan fingerprint density at radius 3 is 2.51 bits per heavy atom. The molecule has 4 aromatic rings. The Balaban J connectivity index is 1.26. The predicted octanol–water partition coefficient (Wildman–Crippen LogP) is 5.22. The number of sulfonamides is 1. The van der Waals surface area contributed by atoms with Crippen molar-refractivity contribution in [1.29, 1.82) is 0 Å². The molecule has 0 aromatic heterocycles. The van der Waals surface area contributed by atoms with Gasteiger partial charge in [-0.25, -0.2) is 13.2 Å². The topological polar surface area (TPSA) is 78.5 Å². The molecule has 0 bridgehead atoms. The summed E-state index contributed by atoms with van der Waals surface area (Å²) in [6.45, 7) is 3.04. The van der Waals surface area contributed by atoms with Crippen LogP contribution in [0.4, 0.5) is 10.5 Å². The molecule has 5 rings (SSSR count). The lowest BCUT2D eigenvalue weighted by Gasteiger charge is -2.28. The summed E-state index contributed by atoms with van der Waals surface area (Å²) in [4.78, 5) is 12.9. The van der Waals surface area contributed by atoms with Gasteiger partial charge in [0.25, 0.3) is 0 Å². The highest BCUT2D eigenvalue weighted by atomic mass is 32.2. The lowest BCUT2D eigenvalue weighted by Crippen LogP contribution is -2.36. The highest BCUT2D eigenvalue weighted by Gasteiger charge is 2.28. The van der Waals surface area contributed by atoms with Gasteiger partial charge in [-0.2, -0.15) is 4.31 Å². The molecule has 1 aliphatic rings. The SMILES string of the molecule is Cc1ccc(S(=O)(=O)N2CCc3ccc(NC(=O)NCc4cccc5ccccc45)cc3C2)cc1. The molecule has 0 aliphatic carbocycles. The summed E-state index contributed by atoms with van der Waals surface area (Å²) < 4.78 is 27.8. The average molecular weight is 486 g/mol. The number of anilines is 1. The zero-order valence-electron chi connectivity index (χ0n) is 19.5. The van der Waals surface area contributed by atoms with Gasteiger partial charge in [-0.15, -0.1) is 0 Å². The zero-order valence-corrected chi connectivity index (χ0v) is 20.3. The molecule has 7 heteroatoms. The Kier molecular flexibility index (Phi) is 6.28. The molecule has 0 unspecified atom stereocenters. The molecule has 2 N–H and O–H groups in total. The summed E-state index contributed by atoms with van der Waals surface area (Å²) >= 11 is 0. The number of hydrogen-bond donors (Lipinski definition) is 2. The standard InChI is InChI=1S/C28H27N3O3S/c1-20-9-13-26(14-10-20)35(33,34)31-16-15-21-11-12-25(17-24(21)19-31)30-28(32)29-18-23-7-4-6-22-5-2-3-8-27(22)23/h2-14,17H,15-16,18-19H2,1H3,(H2,29,30,32). The van der Waals surface area contributed by atoms with Gasteiger partial charge >= 0.3 is 6.03 Å². The van der Waals surface area contributed by atoms with E-state index in [1.807, 2.05) is 79.7 Å². The first-order valence-corrected chi connectivity index (χ1v) is 13.0. The number of nitrogens with one attached hydrogen (secondary N) is 2. The van der Waals surface area contributed by atoms with Gasteiger partial charge in [-0.1, -0.05) is 66.2 Å². The number of carbonyl (C=O) groups excluding carboxylic acids is 1. The van der Waals surface area contributed by atoms with Crippen molar-refractivity contribution in [3.63, 3.8) is 0 Å². The molecular weight excluding hydrogens is 458 g/mol. The van der Waals surface area contributed by atoms with Crippen molar-refractivity contribution in [2.24, 2.45) is 0 Å². The van der Waals surface area contributed by atoms with E-state index < -0.39 is 10.0 Å². The van der Waals surface area contributed by atoms with Crippen molar-refractivity contribution in [1.82, 2.24) is 9.62 Å². The van der Waals surface area contributed by atoms with Crippen LogP contribution < -0.4 is 10.6 Å². The van der Waals surface area contributed by atoms with Crippen molar-refractivity contribution in [2.45, 2.75) is 31.3 Å². The Morgan fingerprint density at radius 1 is 0.914 bits per heavy atom. The first kappa shape index (κ1) is 23.1. The molecule has 6 nitrogen and oxygen atoms in total. The minimum absolute atomic E-state index is 0.276. The van der Waals surface area contributed by atoms with E-state index in [9.17, 15) is 13.2 Å². The van der Waals surface area contributed by atoms with Crippen LogP contribution in [0.25, 0.3) is 10.8 Å². The van der Waals surface area contributed by atoms with Crippen LogP contribution in [-0.4, -0.2) is 25.3 Å². The second-order valence-electron chi connectivity index (χ2n) is 8.83.